The first kappa shape index (κ1) is 13.6. The molecule has 0 amide bonds. The van der Waals surface area contributed by atoms with Gasteiger partial charge in [-0.2, -0.15) is 0 Å². The lowest BCUT2D eigenvalue weighted by atomic mass is 10.0. The van der Waals surface area contributed by atoms with Gasteiger partial charge in [0.1, 0.15) is 5.82 Å². The number of hydrogen-bond acceptors (Lipinski definition) is 3. The third-order valence-electron chi connectivity index (χ3n) is 2.66. The van der Waals surface area contributed by atoms with E-state index in [1.807, 2.05) is 0 Å². The van der Waals surface area contributed by atoms with E-state index < -0.39 is 0 Å². The topological polar surface area (TPSA) is 42.7 Å². The lowest BCUT2D eigenvalue weighted by Crippen LogP contribution is -2.22. The third kappa shape index (κ3) is 2.48. The van der Waals surface area contributed by atoms with E-state index >= 15 is 0 Å². The fraction of sp³-hybridized carbons (Fsp3) is 0.273. The average Bonchev–Trinajstić information content (AvgIpc) is 2.64. The Balaban J connectivity index is 2.52. The van der Waals surface area contributed by atoms with Crippen LogP contribution >= 0.6 is 31.9 Å². The van der Waals surface area contributed by atoms with Crippen LogP contribution in [0, 0.1) is 5.82 Å². The van der Waals surface area contributed by atoms with Gasteiger partial charge in [0.15, 0.2) is 4.60 Å². The van der Waals surface area contributed by atoms with Crippen LogP contribution in [0.1, 0.15) is 17.3 Å². The quantitative estimate of drug-likeness (QED) is 0.894. The molecule has 0 fully saturated rings. The van der Waals surface area contributed by atoms with Crippen LogP contribution in [0.2, 0.25) is 0 Å². The summed E-state index contributed by atoms with van der Waals surface area (Å²) in [5, 5.41) is 10.9. The van der Waals surface area contributed by atoms with Crippen molar-refractivity contribution in [2.24, 2.45) is 7.05 Å². The predicted molar refractivity (Wildman–Crippen MR) is 73.7 cm³/mol. The summed E-state index contributed by atoms with van der Waals surface area (Å²) in [6.07, 6.45) is 0. The van der Waals surface area contributed by atoms with Gasteiger partial charge in [0, 0.05) is 17.1 Å². The van der Waals surface area contributed by atoms with Gasteiger partial charge in [-0.1, -0.05) is 27.2 Å². The van der Waals surface area contributed by atoms with Crippen LogP contribution in [-0.2, 0) is 7.05 Å². The highest BCUT2D eigenvalue weighted by molar-refractivity contribution is 9.10. The molecule has 0 aliphatic rings. The van der Waals surface area contributed by atoms with Crippen molar-refractivity contribution >= 4 is 31.9 Å². The molecule has 1 heterocycles. The van der Waals surface area contributed by atoms with E-state index in [1.165, 1.54) is 6.07 Å². The molecule has 0 aliphatic heterocycles. The van der Waals surface area contributed by atoms with E-state index in [0.29, 0.717) is 14.6 Å². The summed E-state index contributed by atoms with van der Waals surface area (Å²) >= 11 is 6.57. The first-order valence-electron chi connectivity index (χ1n) is 5.22. The van der Waals surface area contributed by atoms with Crippen molar-refractivity contribution in [1.82, 2.24) is 20.3 Å². The highest BCUT2D eigenvalue weighted by Gasteiger charge is 2.23. The first-order valence-corrected chi connectivity index (χ1v) is 6.80. The lowest BCUT2D eigenvalue weighted by molar-refractivity contribution is 0.548. The number of aromatic nitrogens is 3. The van der Waals surface area contributed by atoms with Crippen LogP contribution in [0.25, 0.3) is 0 Å². The molecule has 2 aromatic rings. The Bertz CT molecular complexity index is 551. The molecule has 2 rings (SSSR count). The molecule has 1 aromatic carbocycles. The van der Waals surface area contributed by atoms with Gasteiger partial charge in [0.05, 0.1) is 11.7 Å². The lowest BCUT2D eigenvalue weighted by Gasteiger charge is -2.17. The fourth-order valence-electron chi connectivity index (χ4n) is 1.82. The highest BCUT2D eigenvalue weighted by atomic mass is 79.9. The molecule has 0 bridgehead atoms. The number of nitrogens with one attached hydrogen (secondary N) is 1. The van der Waals surface area contributed by atoms with E-state index in [4.69, 9.17) is 0 Å². The molecule has 0 saturated heterocycles. The third-order valence-corrected chi connectivity index (χ3v) is 3.72. The van der Waals surface area contributed by atoms with Gasteiger partial charge in [0.2, 0.25) is 0 Å². The second-order valence-corrected chi connectivity index (χ2v) is 5.44. The zero-order valence-electron chi connectivity index (χ0n) is 9.78. The summed E-state index contributed by atoms with van der Waals surface area (Å²) in [6.45, 7) is 0. The van der Waals surface area contributed by atoms with E-state index in [-0.39, 0.29) is 11.9 Å². The standard InChI is InChI=1S/C11H11Br2FN4/c1-15-9(10-11(13)16-17-18(10)2)7-4-3-6(12)5-8(7)14/h3-5,9,15H,1-2H3. The molecular formula is C11H11Br2FN4. The van der Waals surface area contributed by atoms with Gasteiger partial charge in [0.25, 0.3) is 0 Å². The van der Waals surface area contributed by atoms with Crippen molar-refractivity contribution in [2.75, 3.05) is 7.05 Å². The Kier molecular flexibility index (Phi) is 4.14. The van der Waals surface area contributed by atoms with E-state index in [2.05, 4.69) is 47.5 Å². The zero-order valence-corrected chi connectivity index (χ0v) is 13.0. The van der Waals surface area contributed by atoms with Crippen LogP contribution < -0.4 is 5.32 Å². The summed E-state index contributed by atoms with van der Waals surface area (Å²) in [6, 6.07) is 4.67. The molecule has 1 unspecified atom stereocenters. The summed E-state index contributed by atoms with van der Waals surface area (Å²) in [7, 11) is 3.54. The summed E-state index contributed by atoms with van der Waals surface area (Å²) < 4.78 is 16.9. The normalized spacial score (nSPS) is 12.7. The van der Waals surface area contributed by atoms with Gasteiger partial charge >= 0.3 is 0 Å². The molecule has 1 aromatic heterocycles. The van der Waals surface area contributed by atoms with Gasteiger partial charge in [-0.25, -0.2) is 9.07 Å². The van der Waals surface area contributed by atoms with Crippen molar-refractivity contribution in [3.63, 3.8) is 0 Å². The van der Waals surface area contributed by atoms with Crippen molar-refractivity contribution in [2.45, 2.75) is 6.04 Å². The van der Waals surface area contributed by atoms with Crippen LogP contribution in [0.4, 0.5) is 4.39 Å². The average molecular weight is 378 g/mol. The molecule has 96 valence electrons. The van der Waals surface area contributed by atoms with Crippen molar-refractivity contribution in [1.29, 1.82) is 0 Å². The van der Waals surface area contributed by atoms with E-state index in [0.717, 1.165) is 5.69 Å². The summed E-state index contributed by atoms with van der Waals surface area (Å²) in [4.78, 5) is 0. The van der Waals surface area contributed by atoms with Crippen LogP contribution in [0.5, 0.6) is 0 Å². The maximum absolute atomic E-state index is 14.0. The molecule has 0 radical (unpaired) electrons. The summed E-state index contributed by atoms with van der Waals surface area (Å²) in [5.74, 6) is -0.281. The second kappa shape index (κ2) is 5.46. The van der Waals surface area contributed by atoms with Crippen molar-refractivity contribution in [3.8, 4) is 0 Å². The number of hydrogen-bond donors (Lipinski definition) is 1. The SMILES string of the molecule is CNC(c1ccc(Br)cc1F)c1c(Br)nnn1C. The minimum atomic E-state index is -0.313. The van der Waals surface area contributed by atoms with Crippen LogP contribution in [0.15, 0.2) is 27.3 Å². The minimum Gasteiger partial charge on any atom is -0.308 e. The molecule has 0 aliphatic carbocycles. The molecule has 1 atom stereocenters. The largest absolute Gasteiger partial charge is 0.308 e. The Labute approximate surface area is 121 Å². The van der Waals surface area contributed by atoms with Gasteiger partial charge < -0.3 is 5.32 Å². The highest BCUT2D eigenvalue weighted by Crippen LogP contribution is 2.29. The minimum absolute atomic E-state index is 0.281. The van der Waals surface area contributed by atoms with Gasteiger partial charge in [-0.3, -0.25) is 0 Å². The molecular weight excluding hydrogens is 367 g/mol. The Morgan fingerprint density at radius 2 is 2.11 bits per heavy atom. The number of halogens is 3. The smallest absolute Gasteiger partial charge is 0.153 e. The summed E-state index contributed by atoms with van der Waals surface area (Å²) in [5.41, 5.74) is 1.32. The monoisotopic (exact) mass is 376 g/mol. The molecule has 7 heteroatoms. The number of rotatable bonds is 3. The van der Waals surface area contributed by atoms with Gasteiger partial charge in [-0.15, -0.1) is 5.10 Å². The maximum atomic E-state index is 14.0. The molecule has 1 N–H and O–H groups in total. The van der Waals surface area contributed by atoms with E-state index in [1.54, 1.807) is 30.9 Å². The Hall–Kier alpha value is -0.790. The fourth-order valence-corrected chi connectivity index (χ4v) is 2.71. The molecule has 18 heavy (non-hydrogen) atoms. The van der Waals surface area contributed by atoms with Crippen LogP contribution in [-0.4, -0.2) is 22.0 Å². The number of nitrogens with zero attached hydrogens (tertiary/aromatic N) is 3. The van der Waals surface area contributed by atoms with Gasteiger partial charge in [-0.05, 0) is 35.1 Å². The number of benzene rings is 1. The van der Waals surface area contributed by atoms with E-state index in [9.17, 15) is 4.39 Å². The molecule has 4 nitrogen and oxygen atoms in total. The Morgan fingerprint density at radius 1 is 1.39 bits per heavy atom. The Morgan fingerprint density at radius 3 is 2.61 bits per heavy atom. The number of aryl methyl sites for hydroxylation is 1. The van der Waals surface area contributed by atoms with Crippen LogP contribution in [0.3, 0.4) is 0 Å². The molecule has 0 saturated carbocycles. The second-order valence-electron chi connectivity index (χ2n) is 3.78. The predicted octanol–water partition coefficient (Wildman–Crippen LogP) is 2.79. The maximum Gasteiger partial charge on any atom is 0.153 e. The van der Waals surface area contributed by atoms with Crippen molar-refractivity contribution < 1.29 is 4.39 Å². The molecule has 0 spiro atoms. The van der Waals surface area contributed by atoms with Crippen molar-refractivity contribution in [3.05, 3.63) is 44.3 Å². The first-order chi connectivity index (χ1) is 8.54. The zero-order chi connectivity index (χ0) is 13.3.